The molecule has 1 N–H and O–H groups in total. The molecule has 0 aromatic carbocycles. The van der Waals surface area contributed by atoms with Gasteiger partial charge in [0.05, 0.1) is 12.3 Å². The van der Waals surface area contributed by atoms with Crippen molar-refractivity contribution in [2.45, 2.75) is 27.0 Å². The molecule has 0 fully saturated rings. The molecule has 0 radical (unpaired) electrons. The molecule has 98 valence electrons. The Morgan fingerprint density at radius 2 is 2.17 bits per heavy atom. The molecule has 0 amide bonds. The van der Waals surface area contributed by atoms with Crippen LogP contribution in [0.25, 0.3) is 11.4 Å². The number of aliphatic hydroxyl groups is 1. The van der Waals surface area contributed by atoms with Gasteiger partial charge in [-0.3, -0.25) is 9.36 Å². The summed E-state index contributed by atoms with van der Waals surface area (Å²) in [7, 11) is 1.84. The summed E-state index contributed by atoms with van der Waals surface area (Å²) < 4.78 is 3.46. The number of nitrogens with zero attached hydrogens (tertiary/aromatic N) is 4. The van der Waals surface area contributed by atoms with Crippen molar-refractivity contribution in [1.29, 1.82) is 0 Å². The monoisotopic (exact) mass is 268 g/mol. The fraction of sp³-hybridized carbons (Fsp3) is 0.500. The normalized spacial score (nSPS) is 11.4. The molecule has 2 rings (SSSR count). The Labute approximate surface area is 111 Å². The van der Waals surface area contributed by atoms with Crippen LogP contribution < -0.4 is 0 Å². The Morgan fingerprint density at radius 3 is 2.67 bits per heavy atom. The van der Waals surface area contributed by atoms with Crippen LogP contribution in [0, 0.1) is 5.92 Å². The third-order valence-corrected chi connectivity index (χ3v) is 3.17. The van der Waals surface area contributed by atoms with E-state index in [1.807, 2.05) is 13.1 Å². The Morgan fingerprint density at radius 1 is 1.44 bits per heavy atom. The van der Waals surface area contributed by atoms with Gasteiger partial charge in [-0.05, 0) is 12.0 Å². The third kappa shape index (κ3) is 2.28. The lowest BCUT2D eigenvalue weighted by molar-refractivity contribution is 0.282. The molecule has 18 heavy (non-hydrogen) atoms. The first-order valence-electron chi connectivity index (χ1n) is 5.89. The van der Waals surface area contributed by atoms with Crippen LogP contribution >= 0.6 is 11.6 Å². The number of halogens is 1. The third-order valence-electron chi connectivity index (χ3n) is 2.74. The number of rotatable bonds is 4. The van der Waals surface area contributed by atoms with Gasteiger partial charge in [0.15, 0.2) is 0 Å². The summed E-state index contributed by atoms with van der Waals surface area (Å²) >= 11 is 6.25. The van der Waals surface area contributed by atoms with Crippen LogP contribution in [0.3, 0.4) is 0 Å². The molecule has 2 aromatic heterocycles. The van der Waals surface area contributed by atoms with Crippen molar-refractivity contribution in [2.24, 2.45) is 13.0 Å². The van der Waals surface area contributed by atoms with E-state index in [0.29, 0.717) is 22.3 Å². The van der Waals surface area contributed by atoms with Crippen LogP contribution in [0.1, 0.15) is 19.4 Å². The van der Waals surface area contributed by atoms with Gasteiger partial charge >= 0.3 is 0 Å². The molecule has 6 heteroatoms. The van der Waals surface area contributed by atoms with Gasteiger partial charge in [-0.25, -0.2) is 0 Å². The second kappa shape index (κ2) is 5.12. The van der Waals surface area contributed by atoms with Gasteiger partial charge in [-0.1, -0.05) is 25.4 Å². The Bertz CT molecular complexity index is 544. The number of aliphatic hydroxyl groups excluding tert-OH is 1. The van der Waals surface area contributed by atoms with Crippen molar-refractivity contribution in [2.75, 3.05) is 0 Å². The van der Waals surface area contributed by atoms with E-state index in [-0.39, 0.29) is 6.61 Å². The predicted octanol–water partition coefficient (Wildman–Crippen LogP) is 2.09. The second-order valence-corrected chi connectivity index (χ2v) is 5.05. The number of hydrogen-bond acceptors (Lipinski definition) is 3. The molecule has 5 nitrogen and oxygen atoms in total. The molecule has 0 aliphatic heterocycles. The molecule has 0 bridgehead atoms. The maximum Gasteiger partial charge on any atom is 0.133 e. The molecule has 0 saturated carbocycles. The first kappa shape index (κ1) is 13.1. The topological polar surface area (TPSA) is 55.9 Å². The van der Waals surface area contributed by atoms with Gasteiger partial charge in [0.1, 0.15) is 10.8 Å². The maximum absolute atomic E-state index is 9.47. The van der Waals surface area contributed by atoms with E-state index in [1.165, 1.54) is 0 Å². The lowest BCUT2D eigenvalue weighted by Crippen LogP contribution is -2.06. The quantitative estimate of drug-likeness (QED) is 0.924. The summed E-state index contributed by atoms with van der Waals surface area (Å²) in [6.07, 6.45) is 1.70. The van der Waals surface area contributed by atoms with Crippen molar-refractivity contribution in [3.8, 4) is 11.4 Å². The van der Waals surface area contributed by atoms with Crippen molar-refractivity contribution < 1.29 is 5.11 Å². The molecule has 2 aromatic rings. The highest BCUT2D eigenvalue weighted by molar-refractivity contribution is 6.30. The van der Waals surface area contributed by atoms with Gasteiger partial charge in [-0.15, -0.1) is 0 Å². The summed E-state index contributed by atoms with van der Waals surface area (Å²) in [5.41, 5.74) is 2.20. The van der Waals surface area contributed by atoms with Crippen molar-refractivity contribution in [1.82, 2.24) is 19.6 Å². The summed E-state index contributed by atoms with van der Waals surface area (Å²) in [5.74, 6) is 0.438. The molecule has 0 aliphatic rings. The lowest BCUT2D eigenvalue weighted by atomic mass is 10.2. The highest BCUT2D eigenvalue weighted by atomic mass is 35.5. The van der Waals surface area contributed by atoms with E-state index in [2.05, 4.69) is 24.0 Å². The fourth-order valence-electron chi connectivity index (χ4n) is 1.90. The minimum Gasteiger partial charge on any atom is -0.391 e. The first-order valence-corrected chi connectivity index (χ1v) is 6.26. The van der Waals surface area contributed by atoms with E-state index < -0.39 is 0 Å². The zero-order valence-corrected chi connectivity index (χ0v) is 11.5. The molecule has 0 spiro atoms. The fourth-order valence-corrected chi connectivity index (χ4v) is 2.15. The largest absolute Gasteiger partial charge is 0.391 e. The van der Waals surface area contributed by atoms with E-state index >= 15 is 0 Å². The predicted molar refractivity (Wildman–Crippen MR) is 70.2 cm³/mol. The van der Waals surface area contributed by atoms with E-state index in [9.17, 15) is 5.11 Å². The molecule has 0 atom stereocenters. The Hall–Kier alpha value is -1.33. The Balaban J connectivity index is 2.51. The zero-order valence-electron chi connectivity index (χ0n) is 10.8. The summed E-state index contributed by atoms with van der Waals surface area (Å²) in [6.45, 7) is 4.79. The van der Waals surface area contributed by atoms with Crippen LogP contribution in [-0.4, -0.2) is 24.7 Å². The molecule has 2 heterocycles. The van der Waals surface area contributed by atoms with Crippen LogP contribution in [0.5, 0.6) is 0 Å². The lowest BCUT2D eigenvalue weighted by Gasteiger charge is -2.05. The highest BCUT2D eigenvalue weighted by Crippen LogP contribution is 2.28. The van der Waals surface area contributed by atoms with Crippen LogP contribution in [-0.2, 0) is 20.2 Å². The standard InChI is InChI=1S/C12H17ClN4O/c1-8(2)6-17-12(13)9(7-18)11(15-17)10-4-5-14-16(10)3/h4-5,8,18H,6-7H2,1-3H3. The maximum atomic E-state index is 9.47. The van der Waals surface area contributed by atoms with Crippen molar-refractivity contribution in [3.05, 3.63) is 23.0 Å². The minimum absolute atomic E-state index is 0.128. The number of aromatic nitrogens is 4. The van der Waals surface area contributed by atoms with Gasteiger partial charge in [0.2, 0.25) is 0 Å². The molecule has 0 saturated heterocycles. The van der Waals surface area contributed by atoms with E-state index in [0.717, 1.165) is 12.2 Å². The average molecular weight is 269 g/mol. The molecule has 0 unspecified atom stereocenters. The molecule has 0 aliphatic carbocycles. The van der Waals surface area contributed by atoms with Crippen LogP contribution in [0.15, 0.2) is 12.3 Å². The summed E-state index contributed by atoms with van der Waals surface area (Å²) in [6, 6.07) is 1.86. The molecular weight excluding hydrogens is 252 g/mol. The first-order chi connectivity index (χ1) is 8.54. The zero-order chi connectivity index (χ0) is 13.3. The van der Waals surface area contributed by atoms with Gasteiger partial charge in [0.25, 0.3) is 0 Å². The van der Waals surface area contributed by atoms with Crippen molar-refractivity contribution >= 4 is 11.6 Å². The SMILES string of the molecule is CC(C)Cn1nc(-c2ccnn2C)c(CO)c1Cl. The molecular formula is C12H17ClN4O. The smallest absolute Gasteiger partial charge is 0.133 e. The second-order valence-electron chi connectivity index (χ2n) is 4.69. The van der Waals surface area contributed by atoms with Crippen LogP contribution in [0.2, 0.25) is 5.15 Å². The van der Waals surface area contributed by atoms with Gasteiger partial charge < -0.3 is 5.11 Å². The number of hydrogen-bond donors (Lipinski definition) is 1. The number of aryl methyl sites for hydroxylation is 1. The summed E-state index contributed by atoms with van der Waals surface area (Å²) in [5, 5.41) is 18.6. The highest BCUT2D eigenvalue weighted by Gasteiger charge is 2.19. The van der Waals surface area contributed by atoms with E-state index in [4.69, 9.17) is 11.6 Å². The van der Waals surface area contributed by atoms with Gasteiger partial charge in [0, 0.05) is 25.4 Å². The van der Waals surface area contributed by atoms with Crippen molar-refractivity contribution in [3.63, 3.8) is 0 Å². The summed E-state index contributed by atoms with van der Waals surface area (Å²) in [4.78, 5) is 0. The van der Waals surface area contributed by atoms with Gasteiger partial charge in [-0.2, -0.15) is 10.2 Å². The minimum atomic E-state index is -0.128. The van der Waals surface area contributed by atoms with Crippen LogP contribution in [0.4, 0.5) is 0 Å². The average Bonchev–Trinajstić information content (AvgIpc) is 2.83. The Kier molecular flexibility index (Phi) is 3.73. The van der Waals surface area contributed by atoms with E-state index in [1.54, 1.807) is 15.6 Å².